The molecule has 1 rings (SSSR count). The fourth-order valence-corrected chi connectivity index (χ4v) is 1.25. The van der Waals surface area contributed by atoms with Gasteiger partial charge in [-0.15, -0.1) is 0 Å². The van der Waals surface area contributed by atoms with Gasteiger partial charge in [-0.25, -0.2) is 4.79 Å². The highest BCUT2D eigenvalue weighted by Gasteiger charge is 2.07. The highest BCUT2D eigenvalue weighted by molar-refractivity contribution is 5.89. The molecule has 3 heteroatoms. The highest BCUT2D eigenvalue weighted by atomic mass is 16.5. The minimum Gasteiger partial charge on any atom is -0.478 e. The van der Waals surface area contributed by atoms with E-state index >= 15 is 0 Å². The van der Waals surface area contributed by atoms with Gasteiger partial charge in [0.1, 0.15) is 0 Å². The first-order valence-corrected chi connectivity index (χ1v) is 4.95. The van der Waals surface area contributed by atoms with Crippen LogP contribution in [0.3, 0.4) is 0 Å². The highest BCUT2D eigenvalue weighted by Crippen LogP contribution is 2.12. The Morgan fingerprint density at radius 1 is 1.47 bits per heavy atom. The van der Waals surface area contributed by atoms with Crippen molar-refractivity contribution in [3.05, 3.63) is 34.9 Å². The number of rotatable bonds is 4. The third-order valence-corrected chi connectivity index (χ3v) is 2.12. The molecule has 0 aliphatic carbocycles. The predicted molar refractivity (Wildman–Crippen MR) is 58.1 cm³/mol. The lowest BCUT2D eigenvalue weighted by molar-refractivity contribution is 0.0652. The maximum absolute atomic E-state index is 10.9. The monoisotopic (exact) mass is 208 g/mol. The topological polar surface area (TPSA) is 46.5 Å². The predicted octanol–water partition coefficient (Wildman–Crippen LogP) is 2.62. The van der Waals surface area contributed by atoms with E-state index in [0.29, 0.717) is 12.2 Å². The summed E-state index contributed by atoms with van der Waals surface area (Å²) >= 11 is 0. The number of carboxylic acid groups (broad SMARTS) is 1. The summed E-state index contributed by atoms with van der Waals surface area (Å²) < 4.78 is 5.41. The molecular weight excluding hydrogens is 192 g/mol. The molecule has 1 aromatic rings. The third-order valence-electron chi connectivity index (χ3n) is 2.12. The van der Waals surface area contributed by atoms with Crippen molar-refractivity contribution in [2.24, 2.45) is 0 Å². The number of hydrogen-bond donors (Lipinski definition) is 1. The maximum atomic E-state index is 10.9. The molecule has 82 valence electrons. The summed E-state index contributed by atoms with van der Waals surface area (Å²) in [6.45, 7) is 6.15. The van der Waals surface area contributed by atoms with E-state index in [1.165, 1.54) is 0 Å². The van der Waals surface area contributed by atoms with E-state index < -0.39 is 5.97 Å². The van der Waals surface area contributed by atoms with E-state index in [1.54, 1.807) is 13.0 Å². The zero-order valence-electron chi connectivity index (χ0n) is 9.28. The van der Waals surface area contributed by atoms with Gasteiger partial charge in [-0.2, -0.15) is 0 Å². The van der Waals surface area contributed by atoms with Crippen molar-refractivity contribution in [1.29, 1.82) is 0 Å². The van der Waals surface area contributed by atoms with E-state index in [9.17, 15) is 4.79 Å². The van der Waals surface area contributed by atoms with E-state index in [1.807, 2.05) is 26.0 Å². The van der Waals surface area contributed by atoms with Crippen LogP contribution in [0.1, 0.15) is 35.3 Å². The van der Waals surface area contributed by atoms with E-state index in [0.717, 1.165) is 11.1 Å². The Morgan fingerprint density at radius 2 is 2.13 bits per heavy atom. The number of carboxylic acids is 1. The van der Waals surface area contributed by atoms with Gasteiger partial charge in [0.25, 0.3) is 0 Å². The van der Waals surface area contributed by atoms with Crippen molar-refractivity contribution in [2.75, 3.05) is 0 Å². The normalized spacial score (nSPS) is 10.7. The average Bonchev–Trinajstić information content (AvgIpc) is 2.16. The Bertz CT molecular complexity index is 356. The van der Waals surface area contributed by atoms with Gasteiger partial charge in [0, 0.05) is 0 Å². The SMILES string of the molecule is Cc1ccc(COC(C)C)cc1C(=O)O. The minimum atomic E-state index is -0.890. The lowest BCUT2D eigenvalue weighted by Gasteiger charge is -2.09. The summed E-state index contributed by atoms with van der Waals surface area (Å²) in [5.41, 5.74) is 2.02. The van der Waals surface area contributed by atoms with Gasteiger partial charge < -0.3 is 9.84 Å². The van der Waals surface area contributed by atoms with Crippen LogP contribution in [0.4, 0.5) is 0 Å². The van der Waals surface area contributed by atoms with Crippen molar-refractivity contribution in [3.8, 4) is 0 Å². The molecule has 0 saturated carbocycles. The molecule has 0 atom stereocenters. The van der Waals surface area contributed by atoms with Gasteiger partial charge in [0.15, 0.2) is 0 Å². The fourth-order valence-electron chi connectivity index (χ4n) is 1.25. The summed E-state index contributed by atoms with van der Waals surface area (Å²) in [6, 6.07) is 5.37. The number of carbonyl (C=O) groups is 1. The Labute approximate surface area is 89.7 Å². The zero-order chi connectivity index (χ0) is 11.4. The van der Waals surface area contributed by atoms with Crippen molar-refractivity contribution in [1.82, 2.24) is 0 Å². The van der Waals surface area contributed by atoms with Crippen LogP contribution in [-0.2, 0) is 11.3 Å². The molecule has 0 spiro atoms. The molecule has 0 aliphatic rings. The smallest absolute Gasteiger partial charge is 0.335 e. The van der Waals surface area contributed by atoms with Crippen LogP contribution in [0, 0.1) is 6.92 Å². The molecule has 0 fully saturated rings. The van der Waals surface area contributed by atoms with Crippen LogP contribution in [0.2, 0.25) is 0 Å². The lowest BCUT2D eigenvalue weighted by Crippen LogP contribution is -2.05. The van der Waals surface area contributed by atoms with E-state index in [2.05, 4.69) is 0 Å². The molecule has 0 radical (unpaired) electrons. The zero-order valence-corrected chi connectivity index (χ0v) is 9.28. The second-order valence-electron chi connectivity index (χ2n) is 3.81. The van der Waals surface area contributed by atoms with Gasteiger partial charge in [-0.1, -0.05) is 12.1 Å². The van der Waals surface area contributed by atoms with Gasteiger partial charge in [-0.05, 0) is 38.0 Å². The summed E-state index contributed by atoms with van der Waals surface area (Å²) in [5, 5.41) is 8.93. The van der Waals surface area contributed by atoms with Crippen molar-refractivity contribution in [3.63, 3.8) is 0 Å². The fraction of sp³-hybridized carbons (Fsp3) is 0.417. The third kappa shape index (κ3) is 3.36. The average molecular weight is 208 g/mol. The summed E-state index contributed by atoms with van der Waals surface area (Å²) in [4.78, 5) is 10.9. The number of benzene rings is 1. The number of ether oxygens (including phenoxy) is 1. The molecule has 3 nitrogen and oxygen atoms in total. The Morgan fingerprint density at radius 3 is 2.67 bits per heavy atom. The number of aryl methyl sites for hydroxylation is 1. The summed E-state index contributed by atoms with van der Waals surface area (Å²) in [6.07, 6.45) is 0.152. The number of hydrogen-bond acceptors (Lipinski definition) is 2. The van der Waals surface area contributed by atoms with E-state index in [-0.39, 0.29) is 6.10 Å². The van der Waals surface area contributed by atoms with Gasteiger partial charge in [-0.3, -0.25) is 0 Å². The van der Waals surface area contributed by atoms with Gasteiger partial charge in [0.2, 0.25) is 0 Å². The largest absolute Gasteiger partial charge is 0.478 e. The Hall–Kier alpha value is -1.35. The molecule has 15 heavy (non-hydrogen) atoms. The standard InChI is InChI=1S/C12H16O3/c1-8(2)15-7-10-5-4-9(3)11(6-10)12(13)14/h4-6,8H,7H2,1-3H3,(H,13,14). The van der Waals surface area contributed by atoms with Crippen LogP contribution in [-0.4, -0.2) is 17.2 Å². The molecular formula is C12H16O3. The second kappa shape index (κ2) is 4.94. The quantitative estimate of drug-likeness (QED) is 0.827. The number of aromatic carboxylic acids is 1. The van der Waals surface area contributed by atoms with Crippen LogP contribution < -0.4 is 0 Å². The minimum absolute atomic E-state index is 0.152. The van der Waals surface area contributed by atoms with Crippen LogP contribution in [0.15, 0.2) is 18.2 Å². The molecule has 1 N–H and O–H groups in total. The second-order valence-corrected chi connectivity index (χ2v) is 3.81. The first kappa shape index (κ1) is 11.7. The summed E-state index contributed by atoms with van der Waals surface area (Å²) in [7, 11) is 0. The molecule has 0 unspecified atom stereocenters. The molecule has 0 bridgehead atoms. The first-order chi connectivity index (χ1) is 7.00. The Kier molecular flexibility index (Phi) is 3.86. The molecule has 1 aromatic carbocycles. The molecule has 0 aliphatic heterocycles. The van der Waals surface area contributed by atoms with Crippen molar-refractivity contribution < 1.29 is 14.6 Å². The summed E-state index contributed by atoms with van der Waals surface area (Å²) in [5.74, 6) is -0.890. The Balaban J connectivity index is 2.83. The van der Waals surface area contributed by atoms with Crippen molar-refractivity contribution >= 4 is 5.97 Å². The van der Waals surface area contributed by atoms with Crippen molar-refractivity contribution in [2.45, 2.75) is 33.5 Å². The maximum Gasteiger partial charge on any atom is 0.335 e. The molecule has 0 aromatic heterocycles. The van der Waals surface area contributed by atoms with Crippen LogP contribution >= 0.6 is 0 Å². The van der Waals surface area contributed by atoms with Crippen LogP contribution in [0.5, 0.6) is 0 Å². The van der Waals surface area contributed by atoms with Gasteiger partial charge >= 0.3 is 5.97 Å². The first-order valence-electron chi connectivity index (χ1n) is 4.95. The lowest BCUT2D eigenvalue weighted by atomic mass is 10.1. The van der Waals surface area contributed by atoms with Crippen LogP contribution in [0.25, 0.3) is 0 Å². The molecule has 0 amide bonds. The molecule has 0 saturated heterocycles. The molecule has 0 heterocycles. The van der Waals surface area contributed by atoms with Gasteiger partial charge in [0.05, 0.1) is 18.3 Å². The van der Waals surface area contributed by atoms with E-state index in [4.69, 9.17) is 9.84 Å².